The van der Waals surface area contributed by atoms with E-state index < -0.39 is 0 Å². The van der Waals surface area contributed by atoms with E-state index in [1.165, 1.54) is 30.2 Å². The highest BCUT2D eigenvalue weighted by atomic mass is 32.2. The van der Waals surface area contributed by atoms with Crippen LogP contribution in [0.1, 0.15) is 37.5 Å². The van der Waals surface area contributed by atoms with Crippen LogP contribution in [0.2, 0.25) is 0 Å². The number of thioether (sulfide) groups is 1. The topological polar surface area (TPSA) is 39.9 Å². The molecule has 2 aromatic heterocycles. The van der Waals surface area contributed by atoms with Gasteiger partial charge in [0.15, 0.2) is 5.65 Å². The van der Waals surface area contributed by atoms with Gasteiger partial charge in [-0.3, -0.25) is 0 Å². The smallest absolute Gasteiger partial charge is 0.160 e. The Morgan fingerprint density at radius 3 is 3.00 bits per heavy atom. The highest BCUT2D eigenvalue weighted by Gasteiger charge is 2.24. The molecule has 0 N–H and O–H groups in total. The highest BCUT2D eigenvalue weighted by Crippen LogP contribution is 2.31. The van der Waals surface area contributed by atoms with Crippen LogP contribution in [0.25, 0.3) is 11.2 Å². The lowest BCUT2D eigenvalue weighted by molar-refractivity contribution is 0.0696. The Morgan fingerprint density at radius 2 is 2.18 bits per heavy atom. The summed E-state index contributed by atoms with van der Waals surface area (Å²) in [6.45, 7) is 1.71. The molecule has 22 heavy (non-hydrogen) atoms. The summed E-state index contributed by atoms with van der Waals surface area (Å²) in [7, 11) is 0. The van der Waals surface area contributed by atoms with Crippen LogP contribution < -0.4 is 0 Å². The average Bonchev–Trinajstić information content (AvgIpc) is 2.94. The molecule has 2 aromatic rings. The number of ether oxygens (including phenoxy) is 1. The third-order valence-corrected chi connectivity index (χ3v) is 6.09. The van der Waals surface area contributed by atoms with E-state index in [0.717, 1.165) is 49.6 Å². The van der Waals surface area contributed by atoms with E-state index in [9.17, 15) is 0 Å². The second kappa shape index (κ2) is 6.59. The second-order valence-electron chi connectivity index (χ2n) is 6.38. The Labute approximate surface area is 135 Å². The zero-order valence-electron chi connectivity index (χ0n) is 12.9. The molecular formula is C17H23N3OS. The third-order valence-electron chi connectivity index (χ3n) is 4.80. The van der Waals surface area contributed by atoms with Crippen LogP contribution >= 0.6 is 11.8 Å². The molecule has 118 valence electrons. The van der Waals surface area contributed by atoms with Gasteiger partial charge in [0.2, 0.25) is 0 Å². The summed E-state index contributed by atoms with van der Waals surface area (Å²) in [6, 6.07) is 4.58. The number of nitrogens with zero attached hydrogens (tertiary/aromatic N) is 3. The van der Waals surface area contributed by atoms with E-state index in [0.29, 0.717) is 6.04 Å². The predicted octanol–water partition coefficient (Wildman–Crippen LogP) is 3.47. The molecule has 4 heterocycles. The van der Waals surface area contributed by atoms with Crippen LogP contribution in [0, 0.1) is 5.92 Å². The molecule has 5 heteroatoms. The first kappa shape index (κ1) is 14.5. The molecule has 2 saturated heterocycles. The maximum Gasteiger partial charge on any atom is 0.160 e. The minimum atomic E-state index is 0.500. The van der Waals surface area contributed by atoms with Gasteiger partial charge in [0.25, 0.3) is 0 Å². The summed E-state index contributed by atoms with van der Waals surface area (Å²) in [6.07, 6.45) is 7.84. The van der Waals surface area contributed by atoms with Gasteiger partial charge < -0.3 is 9.30 Å². The summed E-state index contributed by atoms with van der Waals surface area (Å²) >= 11 is 2.10. The Hall–Kier alpha value is -1.07. The van der Waals surface area contributed by atoms with E-state index in [1.807, 2.05) is 12.3 Å². The van der Waals surface area contributed by atoms with E-state index in [2.05, 4.69) is 27.4 Å². The van der Waals surface area contributed by atoms with Crippen LogP contribution in [-0.2, 0) is 11.2 Å². The fraction of sp³-hybridized carbons (Fsp3) is 0.647. The SMILES string of the molecule is c1cnc2c(c1)nc(CC1CCCSC1)n2C1CCOCC1. The first-order valence-corrected chi connectivity index (χ1v) is 9.54. The molecule has 0 bridgehead atoms. The molecule has 0 spiro atoms. The van der Waals surface area contributed by atoms with E-state index >= 15 is 0 Å². The van der Waals surface area contributed by atoms with Gasteiger partial charge in [-0.1, -0.05) is 0 Å². The quantitative estimate of drug-likeness (QED) is 0.869. The van der Waals surface area contributed by atoms with Crippen LogP contribution in [0.15, 0.2) is 18.3 Å². The van der Waals surface area contributed by atoms with Crippen molar-refractivity contribution in [3.8, 4) is 0 Å². The van der Waals surface area contributed by atoms with Gasteiger partial charge in [-0.2, -0.15) is 11.8 Å². The van der Waals surface area contributed by atoms with Crippen LogP contribution in [-0.4, -0.2) is 39.3 Å². The van der Waals surface area contributed by atoms with E-state index in [4.69, 9.17) is 9.72 Å². The number of pyridine rings is 1. The lowest BCUT2D eigenvalue weighted by Gasteiger charge is -2.27. The van der Waals surface area contributed by atoms with E-state index in [-0.39, 0.29) is 0 Å². The van der Waals surface area contributed by atoms with Crippen LogP contribution in [0.4, 0.5) is 0 Å². The zero-order chi connectivity index (χ0) is 14.8. The first-order chi connectivity index (χ1) is 10.9. The summed E-state index contributed by atoms with van der Waals surface area (Å²) in [4.78, 5) is 9.56. The van der Waals surface area contributed by atoms with Crippen molar-refractivity contribution in [3.63, 3.8) is 0 Å². The summed E-state index contributed by atoms with van der Waals surface area (Å²) in [5.74, 6) is 4.63. The van der Waals surface area contributed by atoms with Crippen molar-refractivity contribution < 1.29 is 4.74 Å². The first-order valence-electron chi connectivity index (χ1n) is 8.39. The van der Waals surface area contributed by atoms with Crippen molar-refractivity contribution in [1.82, 2.24) is 14.5 Å². The molecule has 0 radical (unpaired) electrons. The zero-order valence-corrected chi connectivity index (χ0v) is 13.7. The Balaban J connectivity index is 1.68. The summed E-state index contributed by atoms with van der Waals surface area (Å²) < 4.78 is 7.97. The van der Waals surface area contributed by atoms with Crippen molar-refractivity contribution >= 4 is 22.9 Å². The average molecular weight is 317 g/mol. The van der Waals surface area contributed by atoms with Crippen molar-refractivity contribution in [2.24, 2.45) is 5.92 Å². The molecule has 2 aliphatic heterocycles. The van der Waals surface area contributed by atoms with Crippen molar-refractivity contribution in [2.45, 2.75) is 38.1 Å². The van der Waals surface area contributed by atoms with Crippen molar-refractivity contribution in [3.05, 3.63) is 24.2 Å². The molecule has 0 amide bonds. The number of imidazole rings is 1. The third kappa shape index (κ3) is 2.88. The number of hydrogen-bond donors (Lipinski definition) is 0. The number of aromatic nitrogens is 3. The molecular weight excluding hydrogens is 294 g/mol. The predicted molar refractivity (Wildman–Crippen MR) is 90.4 cm³/mol. The Morgan fingerprint density at radius 1 is 1.27 bits per heavy atom. The van der Waals surface area contributed by atoms with Gasteiger partial charge >= 0.3 is 0 Å². The number of fused-ring (bicyclic) bond motifs is 1. The van der Waals surface area contributed by atoms with Gasteiger partial charge in [0.05, 0.1) is 0 Å². The minimum Gasteiger partial charge on any atom is -0.381 e. The van der Waals surface area contributed by atoms with Gasteiger partial charge in [0.1, 0.15) is 11.3 Å². The maximum absolute atomic E-state index is 5.54. The Kier molecular flexibility index (Phi) is 4.35. The summed E-state index contributed by atoms with van der Waals surface area (Å²) in [5.41, 5.74) is 2.11. The fourth-order valence-electron chi connectivity index (χ4n) is 3.67. The van der Waals surface area contributed by atoms with Crippen molar-refractivity contribution in [1.29, 1.82) is 0 Å². The molecule has 2 fully saturated rings. The second-order valence-corrected chi connectivity index (χ2v) is 7.52. The normalized spacial score (nSPS) is 23.9. The molecule has 1 atom stereocenters. The number of rotatable bonds is 3. The molecule has 2 aliphatic rings. The largest absolute Gasteiger partial charge is 0.381 e. The lowest BCUT2D eigenvalue weighted by atomic mass is 10.0. The highest BCUT2D eigenvalue weighted by molar-refractivity contribution is 7.99. The summed E-state index contributed by atoms with van der Waals surface area (Å²) in [5, 5.41) is 0. The number of hydrogen-bond acceptors (Lipinski definition) is 4. The molecule has 0 aromatic carbocycles. The van der Waals surface area contributed by atoms with Gasteiger partial charge in [-0.25, -0.2) is 9.97 Å². The molecule has 0 aliphatic carbocycles. The molecule has 4 nitrogen and oxygen atoms in total. The van der Waals surface area contributed by atoms with Crippen LogP contribution in [0.5, 0.6) is 0 Å². The minimum absolute atomic E-state index is 0.500. The van der Waals surface area contributed by atoms with Crippen LogP contribution in [0.3, 0.4) is 0 Å². The monoisotopic (exact) mass is 317 g/mol. The van der Waals surface area contributed by atoms with E-state index in [1.54, 1.807) is 0 Å². The van der Waals surface area contributed by atoms with Gasteiger partial charge in [0, 0.05) is 31.9 Å². The Bertz CT molecular complexity index is 630. The molecule has 0 saturated carbocycles. The maximum atomic E-state index is 5.54. The van der Waals surface area contributed by atoms with Gasteiger partial charge in [-0.15, -0.1) is 0 Å². The van der Waals surface area contributed by atoms with Gasteiger partial charge in [-0.05, 0) is 55.2 Å². The lowest BCUT2D eigenvalue weighted by Crippen LogP contribution is -2.23. The fourth-order valence-corrected chi connectivity index (χ4v) is 4.83. The molecule has 4 rings (SSSR count). The van der Waals surface area contributed by atoms with Crippen molar-refractivity contribution in [2.75, 3.05) is 24.7 Å². The molecule has 1 unspecified atom stereocenters. The standard InChI is InChI=1S/C17H23N3OS/c1-4-15-17(18-7-1)20(14-5-8-21-9-6-14)16(19-15)11-13-3-2-10-22-12-13/h1,4,7,13-14H,2-3,5-6,8-12H2.